The zero-order chi connectivity index (χ0) is 56.2. The van der Waals surface area contributed by atoms with Crippen LogP contribution in [0.1, 0.15) is 113 Å². The Kier molecular flexibility index (Phi) is 20.6. The first kappa shape index (κ1) is 61.3. The number of aromatic nitrogens is 3. The molecule has 6 rings (SSSR count). The molecule has 5 heterocycles. The van der Waals surface area contributed by atoms with Crippen LogP contribution in [0.3, 0.4) is 0 Å². The second-order valence-corrected chi connectivity index (χ2v) is 23.3. The van der Waals surface area contributed by atoms with Crippen molar-refractivity contribution < 1.29 is 73.1 Å². The molecular weight excluding hydrogens is 985 g/mol. The summed E-state index contributed by atoms with van der Waals surface area (Å²) in [6, 6.07) is 6.62. The molecule has 1 aromatic carbocycles. The van der Waals surface area contributed by atoms with E-state index in [1.54, 1.807) is 46.2 Å². The van der Waals surface area contributed by atoms with E-state index in [9.17, 15) is 39.9 Å². The summed E-state index contributed by atoms with van der Waals surface area (Å²) in [7, 11) is 5.31. The lowest BCUT2D eigenvalue weighted by Gasteiger charge is -2.51. The Hall–Kier alpha value is -3.87. The number of hydrogen-bond acceptors (Lipinski definition) is 19. The third-order valence-electron chi connectivity index (χ3n) is 17.0. The highest BCUT2D eigenvalue weighted by molar-refractivity contribution is 5.89. The number of hydrogen-bond donors (Lipinski definition) is 5. The second kappa shape index (κ2) is 25.5. The van der Waals surface area contributed by atoms with Crippen molar-refractivity contribution in [3.63, 3.8) is 0 Å². The van der Waals surface area contributed by atoms with Gasteiger partial charge in [-0.15, -0.1) is 5.10 Å². The van der Waals surface area contributed by atoms with E-state index >= 15 is 0 Å². The van der Waals surface area contributed by atoms with Gasteiger partial charge in [-0.25, -0.2) is 4.79 Å². The van der Waals surface area contributed by atoms with E-state index in [4.69, 9.17) is 33.2 Å². The fraction of sp³-hybridized carbons (Fsp3) is 0.800. The number of nitrogens with zero attached hydrogens (tertiary/aromatic N) is 6. The number of benzene rings is 1. The average Bonchev–Trinajstić information content (AvgIpc) is 3.99. The van der Waals surface area contributed by atoms with Gasteiger partial charge in [0.2, 0.25) is 0 Å². The van der Waals surface area contributed by atoms with Gasteiger partial charge >= 0.3 is 18.0 Å². The van der Waals surface area contributed by atoms with Gasteiger partial charge in [0.1, 0.15) is 36.6 Å². The SMILES string of the molecule is CC[C@H]1OC(=O)[C@H](C)[C@@H](C2C[C@@](C)(OC)[C@@H](O)[C@H](C)O2)[C@H](C)[C@@H](O[C@@H]2O[C@H](C)C[C@H](N(C)CCc3cn(CCc4ccc(N5C[C@H](COC(C)=O)OC5=O)cc4)nn3)[C@H]2O)[C@](C)(O)C[C@@H](C)CN(C)[C@H](C)[C@@H](O)[C@]1(C)O. The van der Waals surface area contributed by atoms with Gasteiger partial charge in [0, 0.05) is 76.4 Å². The van der Waals surface area contributed by atoms with Gasteiger partial charge in [-0.2, -0.15) is 0 Å². The van der Waals surface area contributed by atoms with Crippen LogP contribution in [0.15, 0.2) is 30.5 Å². The number of likely N-dealkylation sites (N-methyl/N-ethyl adjacent to an activating group) is 2. The topological polar surface area (TPSA) is 257 Å². The van der Waals surface area contributed by atoms with Crippen molar-refractivity contribution in [1.82, 2.24) is 24.8 Å². The summed E-state index contributed by atoms with van der Waals surface area (Å²) in [5.74, 6) is -3.63. The fourth-order valence-corrected chi connectivity index (χ4v) is 12.3. The first-order valence-corrected chi connectivity index (χ1v) is 27.3. The molecule has 1 unspecified atom stereocenters. The molecule has 5 N–H and O–H groups in total. The van der Waals surface area contributed by atoms with Gasteiger partial charge in [0.05, 0.1) is 53.8 Å². The summed E-state index contributed by atoms with van der Waals surface area (Å²) in [6.07, 6.45) is -5.43. The molecule has 2 aromatic rings. The zero-order valence-corrected chi connectivity index (χ0v) is 47.4. The van der Waals surface area contributed by atoms with Crippen molar-refractivity contribution in [3.8, 4) is 0 Å². The van der Waals surface area contributed by atoms with E-state index in [2.05, 4.69) is 15.2 Å². The largest absolute Gasteiger partial charge is 0.462 e. The van der Waals surface area contributed by atoms with Crippen molar-refractivity contribution in [2.24, 2.45) is 23.7 Å². The molecule has 1 aromatic heterocycles. The van der Waals surface area contributed by atoms with Gasteiger partial charge in [0.25, 0.3) is 0 Å². The van der Waals surface area contributed by atoms with Crippen LogP contribution in [0.5, 0.6) is 0 Å². The fourth-order valence-electron chi connectivity index (χ4n) is 12.3. The summed E-state index contributed by atoms with van der Waals surface area (Å²) in [4.78, 5) is 43.8. The molecule has 19 atom stereocenters. The summed E-state index contributed by atoms with van der Waals surface area (Å²) in [5, 5.41) is 69.0. The molecule has 0 radical (unpaired) electrons. The summed E-state index contributed by atoms with van der Waals surface area (Å²) < 4.78 is 44.4. The molecular formula is C55H90N6O15. The number of esters is 2. The van der Waals surface area contributed by atoms with Crippen molar-refractivity contribution in [3.05, 3.63) is 41.7 Å². The second-order valence-electron chi connectivity index (χ2n) is 23.3. The van der Waals surface area contributed by atoms with E-state index in [1.165, 1.54) is 25.9 Å². The minimum atomic E-state index is -1.82. The molecule has 76 heavy (non-hydrogen) atoms. The lowest BCUT2D eigenvalue weighted by atomic mass is 9.68. The standard InChI is InChI=1S/C55H90N6O15/c1-15-44-55(11,69)47(64)35(6)59(13)27-31(2)25-53(9,68)49(33(4)45(34(5)50(66)75-44)43-26-54(10,70-14)48(65)36(7)73-43)76-51-46(63)42(24-32(3)72-51)58(12)22-21-39-28-60(57-56-39)23-20-38-16-18-40(19-17-38)61-29-41(74-52(61)67)30-71-37(8)62/h16-19,28,31-36,41-49,51,63-65,68-69H,15,20-27,29-30H2,1-14H3/t31-,32-,33+,34-,35-,36+,41-,42+,43?,44-,45+,46-,47-,48+,49-,51+,53-,54-,55-/m1/s1. The minimum Gasteiger partial charge on any atom is -0.462 e. The van der Waals surface area contributed by atoms with E-state index in [0.29, 0.717) is 44.6 Å². The van der Waals surface area contributed by atoms with Crippen LogP contribution in [-0.4, -0.2) is 206 Å². The molecule has 0 saturated carbocycles. The number of cyclic esters (lactones) is 2. The molecule has 4 aliphatic heterocycles. The number of aliphatic hydroxyl groups is 5. The van der Waals surface area contributed by atoms with Gasteiger partial charge in [-0.3, -0.25) is 19.2 Å². The Morgan fingerprint density at radius 3 is 2.26 bits per heavy atom. The molecule has 1 amide bonds. The first-order chi connectivity index (χ1) is 35.6. The zero-order valence-electron chi connectivity index (χ0n) is 47.4. The van der Waals surface area contributed by atoms with Crippen LogP contribution < -0.4 is 4.90 Å². The number of ether oxygens (including phenoxy) is 7. The predicted octanol–water partition coefficient (Wildman–Crippen LogP) is 3.51. The highest BCUT2D eigenvalue weighted by Gasteiger charge is 2.55. The summed E-state index contributed by atoms with van der Waals surface area (Å²) in [5.41, 5.74) is -2.00. The lowest BCUT2D eigenvalue weighted by molar-refractivity contribution is -0.302. The summed E-state index contributed by atoms with van der Waals surface area (Å²) >= 11 is 0. The number of carbonyl (C=O) groups is 3. The van der Waals surface area contributed by atoms with Crippen LogP contribution in [0.25, 0.3) is 0 Å². The maximum atomic E-state index is 14.6. The maximum Gasteiger partial charge on any atom is 0.414 e. The molecule has 4 saturated heterocycles. The van der Waals surface area contributed by atoms with Crippen LogP contribution >= 0.6 is 0 Å². The van der Waals surface area contributed by atoms with Gasteiger partial charge in [-0.1, -0.05) is 45.0 Å². The Labute approximate surface area is 449 Å². The third-order valence-corrected chi connectivity index (χ3v) is 17.0. The predicted molar refractivity (Wildman–Crippen MR) is 280 cm³/mol. The first-order valence-electron chi connectivity index (χ1n) is 27.3. The van der Waals surface area contributed by atoms with E-state index in [-0.39, 0.29) is 44.4 Å². The van der Waals surface area contributed by atoms with Crippen molar-refractivity contribution in [2.45, 2.75) is 211 Å². The average molecular weight is 1080 g/mol. The molecule has 0 aliphatic carbocycles. The number of aryl methyl sites for hydroxylation is 2. The van der Waals surface area contributed by atoms with Crippen LogP contribution in [0.4, 0.5) is 10.5 Å². The van der Waals surface area contributed by atoms with Crippen molar-refractivity contribution in [1.29, 1.82) is 0 Å². The Balaban J connectivity index is 1.19. The van der Waals surface area contributed by atoms with Gasteiger partial charge in [0.15, 0.2) is 12.4 Å². The molecule has 4 fully saturated rings. The van der Waals surface area contributed by atoms with Crippen LogP contribution in [0, 0.1) is 23.7 Å². The maximum absolute atomic E-state index is 14.6. The highest BCUT2D eigenvalue weighted by atomic mass is 16.7. The number of rotatable bonds is 15. The van der Waals surface area contributed by atoms with Crippen LogP contribution in [-0.2, 0) is 62.1 Å². The van der Waals surface area contributed by atoms with E-state index < -0.39 is 120 Å². The smallest absolute Gasteiger partial charge is 0.414 e. The Morgan fingerprint density at radius 1 is 0.934 bits per heavy atom. The number of carbonyl (C=O) groups excluding carboxylic acids is 3. The molecule has 430 valence electrons. The number of methoxy groups -OCH3 is 1. The number of amides is 1. The normalized spacial score (nSPS) is 39.6. The quantitative estimate of drug-likeness (QED) is 0.126. The number of anilines is 1. The Morgan fingerprint density at radius 2 is 1.62 bits per heavy atom. The van der Waals surface area contributed by atoms with Crippen molar-refractivity contribution >= 4 is 23.7 Å². The molecule has 4 aliphatic rings. The van der Waals surface area contributed by atoms with E-state index in [1.807, 2.05) is 70.2 Å². The van der Waals surface area contributed by atoms with Gasteiger partial charge in [-0.05, 0) is 111 Å². The Bertz CT molecular complexity index is 2220. The van der Waals surface area contributed by atoms with Gasteiger partial charge < -0.3 is 68.5 Å². The molecule has 21 heteroatoms. The molecule has 21 nitrogen and oxygen atoms in total. The molecule has 0 bridgehead atoms. The minimum absolute atomic E-state index is 0.00679. The van der Waals surface area contributed by atoms with E-state index in [0.717, 1.165) is 11.3 Å². The summed E-state index contributed by atoms with van der Waals surface area (Å²) in [6.45, 7) is 21.0. The number of aliphatic hydroxyl groups excluding tert-OH is 3. The highest BCUT2D eigenvalue weighted by Crippen LogP contribution is 2.45. The lowest BCUT2D eigenvalue weighted by Crippen LogP contribution is -2.62. The third kappa shape index (κ3) is 14.3. The monoisotopic (exact) mass is 1070 g/mol. The van der Waals surface area contributed by atoms with Crippen LogP contribution in [0.2, 0.25) is 0 Å². The molecule has 0 spiro atoms. The van der Waals surface area contributed by atoms with Crippen molar-refractivity contribution in [2.75, 3.05) is 52.3 Å².